The van der Waals surface area contributed by atoms with E-state index in [0.29, 0.717) is 16.4 Å². The molecular weight excluding hydrogens is 262 g/mol. The molecule has 1 amide bonds. The van der Waals surface area contributed by atoms with Gasteiger partial charge in [0.25, 0.3) is 5.91 Å². The molecule has 3 rings (SSSR count). The van der Waals surface area contributed by atoms with Crippen LogP contribution in [0.4, 0.5) is 5.82 Å². The Morgan fingerprint density at radius 3 is 2.95 bits per heavy atom. The number of aromatic nitrogens is 2. The fraction of sp³-hybridized carbons (Fsp3) is 0. The third-order valence-corrected chi connectivity index (χ3v) is 3.13. The van der Waals surface area contributed by atoms with E-state index in [0.717, 1.165) is 10.9 Å². The van der Waals surface area contributed by atoms with Crippen molar-refractivity contribution in [3.05, 3.63) is 59.4 Å². The van der Waals surface area contributed by atoms with Gasteiger partial charge in [-0.3, -0.25) is 4.79 Å². The molecular formula is C14H10ClN3O. The lowest BCUT2D eigenvalue weighted by Crippen LogP contribution is -2.13. The van der Waals surface area contributed by atoms with Gasteiger partial charge in [-0.1, -0.05) is 17.7 Å². The molecule has 0 aliphatic heterocycles. The topological polar surface area (TPSA) is 57.8 Å². The van der Waals surface area contributed by atoms with Crippen LogP contribution in [-0.4, -0.2) is 15.9 Å². The van der Waals surface area contributed by atoms with Gasteiger partial charge in [0.1, 0.15) is 0 Å². The lowest BCUT2D eigenvalue weighted by Gasteiger charge is -2.06. The molecule has 0 atom stereocenters. The van der Waals surface area contributed by atoms with E-state index in [1.807, 2.05) is 18.2 Å². The number of hydrogen-bond acceptors (Lipinski definition) is 2. The van der Waals surface area contributed by atoms with Crippen molar-refractivity contribution >= 4 is 34.2 Å². The van der Waals surface area contributed by atoms with E-state index in [2.05, 4.69) is 15.3 Å². The molecule has 0 spiro atoms. The van der Waals surface area contributed by atoms with Gasteiger partial charge in [0.2, 0.25) is 0 Å². The Bertz CT molecular complexity index is 751. The summed E-state index contributed by atoms with van der Waals surface area (Å²) >= 11 is 5.97. The summed E-state index contributed by atoms with van der Waals surface area (Å²) in [5.41, 5.74) is 1.50. The van der Waals surface area contributed by atoms with Gasteiger partial charge < -0.3 is 10.3 Å². The van der Waals surface area contributed by atoms with Crippen LogP contribution >= 0.6 is 11.6 Å². The van der Waals surface area contributed by atoms with E-state index in [9.17, 15) is 4.79 Å². The predicted octanol–water partition coefficient (Wildman–Crippen LogP) is 3.47. The molecule has 0 aliphatic carbocycles. The molecule has 94 valence electrons. The van der Waals surface area contributed by atoms with E-state index in [-0.39, 0.29) is 5.91 Å². The number of carbonyl (C=O) groups is 1. The van der Waals surface area contributed by atoms with Crippen molar-refractivity contribution in [3.63, 3.8) is 0 Å². The Balaban J connectivity index is 1.97. The number of nitrogens with one attached hydrogen (secondary N) is 2. The molecule has 0 aliphatic rings. The maximum Gasteiger partial charge on any atom is 0.257 e. The molecule has 1 aromatic carbocycles. The highest BCUT2D eigenvalue weighted by molar-refractivity contribution is 6.33. The van der Waals surface area contributed by atoms with Gasteiger partial charge in [-0.2, -0.15) is 0 Å². The molecule has 19 heavy (non-hydrogen) atoms. The summed E-state index contributed by atoms with van der Waals surface area (Å²) in [5, 5.41) is 3.99. The lowest BCUT2D eigenvalue weighted by molar-refractivity contribution is 0.102. The molecule has 5 heteroatoms. The summed E-state index contributed by atoms with van der Waals surface area (Å²) in [7, 11) is 0. The van der Waals surface area contributed by atoms with Crippen molar-refractivity contribution in [2.45, 2.75) is 0 Å². The third-order valence-electron chi connectivity index (χ3n) is 2.83. The number of benzene rings is 1. The largest absolute Gasteiger partial charge is 0.361 e. The normalized spacial score (nSPS) is 10.6. The SMILES string of the molecule is O=C(Nc1ncccc1Cl)c1cccc2[nH]ccc12. The van der Waals surface area contributed by atoms with Crippen LogP contribution in [0.15, 0.2) is 48.8 Å². The van der Waals surface area contributed by atoms with Gasteiger partial charge in [-0.05, 0) is 30.3 Å². The molecule has 2 aromatic heterocycles. The molecule has 2 heterocycles. The molecule has 4 nitrogen and oxygen atoms in total. The number of fused-ring (bicyclic) bond motifs is 1. The van der Waals surface area contributed by atoms with Crippen LogP contribution in [0.5, 0.6) is 0 Å². The first-order valence-corrected chi connectivity index (χ1v) is 6.11. The summed E-state index contributed by atoms with van der Waals surface area (Å²) in [6.45, 7) is 0. The van der Waals surface area contributed by atoms with E-state index >= 15 is 0 Å². The first-order valence-electron chi connectivity index (χ1n) is 5.73. The summed E-state index contributed by atoms with van der Waals surface area (Å²) in [4.78, 5) is 19.4. The van der Waals surface area contributed by atoms with Gasteiger partial charge in [0.05, 0.1) is 5.02 Å². The van der Waals surface area contributed by atoms with Crippen LogP contribution in [-0.2, 0) is 0 Å². The van der Waals surface area contributed by atoms with Crippen molar-refractivity contribution in [2.75, 3.05) is 5.32 Å². The molecule has 0 saturated heterocycles. The molecule has 0 fully saturated rings. The second-order valence-corrected chi connectivity index (χ2v) is 4.44. The number of H-pyrrole nitrogens is 1. The third kappa shape index (κ3) is 2.18. The maximum atomic E-state index is 12.3. The molecule has 2 N–H and O–H groups in total. The highest BCUT2D eigenvalue weighted by atomic mass is 35.5. The standard InChI is InChI=1S/C14H10ClN3O/c15-11-4-2-7-17-13(11)18-14(19)10-3-1-5-12-9(10)6-8-16-12/h1-8,16H,(H,17,18,19). The maximum absolute atomic E-state index is 12.3. The number of amides is 1. The first-order chi connectivity index (χ1) is 9.25. The number of hydrogen-bond donors (Lipinski definition) is 2. The smallest absolute Gasteiger partial charge is 0.257 e. The zero-order valence-electron chi connectivity index (χ0n) is 9.85. The average molecular weight is 272 g/mol. The molecule has 0 saturated carbocycles. The average Bonchev–Trinajstić information content (AvgIpc) is 2.89. The monoisotopic (exact) mass is 271 g/mol. The molecule has 0 radical (unpaired) electrons. The zero-order chi connectivity index (χ0) is 13.2. The predicted molar refractivity (Wildman–Crippen MR) is 75.5 cm³/mol. The number of aromatic amines is 1. The lowest BCUT2D eigenvalue weighted by atomic mass is 10.1. The molecule has 0 unspecified atom stereocenters. The summed E-state index contributed by atoms with van der Waals surface area (Å²) in [6, 6.07) is 10.8. The molecule has 0 bridgehead atoms. The van der Waals surface area contributed by atoms with Crippen LogP contribution < -0.4 is 5.32 Å². The number of rotatable bonds is 2. The van der Waals surface area contributed by atoms with Crippen molar-refractivity contribution in [1.82, 2.24) is 9.97 Å². The Kier molecular flexibility index (Phi) is 2.93. The Morgan fingerprint density at radius 1 is 1.21 bits per heavy atom. The number of nitrogens with zero attached hydrogens (tertiary/aromatic N) is 1. The minimum Gasteiger partial charge on any atom is -0.361 e. The second kappa shape index (κ2) is 4.74. The number of carbonyl (C=O) groups excluding carboxylic acids is 1. The minimum absolute atomic E-state index is 0.231. The number of anilines is 1. The van der Waals surface area contributed by atoms with Gasteiger partial charge in [-0.25, -0.2) is 4.98 Å². The van der Waals surface area contributed by atoms with Crippen molar-refractivity contribution in [2.24, 2.45) is 0 Å². The zero-order valence-corrected chi connectivity index (χ0v) is 10.6. The van der Waals surface area contributed by atoms with E-state index in [4.69, 9.17) is 11.6 Å². The highest BCUT2D eigenvalue weighted by Crippen LogP contribution is 2.21. The van der Waals surface area contributed by atoms with Crippen molar-refractivity contribution < 1.29 is 4.79 Å². The Morgan fingerprint density at radius 2 is 2.11 bits per heavy atom. The van der Waals surface area contributed by atoms with Gasteiger partial charge in [-0.15, -0.1) is 0 Å². The van der Waals surface area contributed by atoms with Crippen molar-refractivity contribution in [1.29, 1.82) is 0 Å². The van der Waals surface area contributed by atoms with E-state index in [1.54, 1.807) is 30.6 Å². The summed E-state index contributed by atoms with van der Waals surface area (Å²) in [5.74, 6) is 0.132. The van der Waals surface area contributed by atoms with Gasteiger partial charge in [0, 0.05) is 28.9 Å². The fourth-order valence-electron chi connectivity index (χ4n) is 1.94. The number of pyridine rings is 1. The van der Waals surface area contributed by atoms with Crippen LogP contribution in [0.3, 0.4) is 0 Å². The fourth-order valence-corrected chi connectivity index (χ4v) is 2.10. The van der Waals surface area contributed by atoms with Crippen LogP contribution in [0.2, 0.25) is 5.02 Å². The number of halogens is 1. The van der Waals surface area contributed by atoms with Crippen LogP contribution in [0, 0.1) is 0 Å². The minimum atomic E-state index is -0.231. The summed E-state index contributed by atoms with van der Waals surface area (Å²) < 4.78 is 0. The first kappa shape index (κ1) is 11.7. The summed E-state index contributed by atoms with van der Waals surface area (Å²) in [6.07, 6.45) is 3.38. The second-order valence-electron chi connectivity index (χ2n) is 4.03. The van der Waals surface area contributed by atoms with Gasteiger partial charge >= 0.3 is 0 Å². The Hall–Kier alpha value is -2.33. The highest BCUT2D eigenvalue weighted by Gasteiger charge is 2.12. The van der Waals surface area contributed by atoms with Crippen LogP contribution in [0.25, 0.3) is 10.9 Å². The van der Waals surface area contributed by atoms with E-state index < -0.39 is 0 Å². The van der Waals surface area contributed by atoms with Crippen LogP contribution in [0.1, 0.15) is 10.4 Å². The molecule has 3 aromatic rings. The Labute approximate surface area is 114 Å². The quantitative estimate of drug-likeness (QED) is 0.750. The van der Waals surface area contributed by atoms with Crippen molar-refractivity contribution in [3.8, 4) is 0 Å². The van der Waals surface area contributed by atoms with E-state index in [1.165, 1.54) is 0 Å². The van der Waals surface area contributed by atoms with Gasteiger partial charge in [0.15, 0.2) is 5.82 Å².